The first-order valence-corrected chi connectivity index (χ1v) is 10.4. The summed E-state index contributed by atoms with van der Waals surface area (Å²) in [4.78, 5) is 22.2. The van der Waals surface area contributed by atoms with Crippen LogP contribution in [0.25, 0.3) is 0 Å². The van der Waals surface area contributed by atoms with Crippen molar-refractivity contribution in [3.8, 4) is 0 Å². The number of alkyl halides is 3. The SMILES string of the molecule is NC(=O)C12CC3CC(C1)C(N1CC[C@@H](Nc4nccc(C(F)(F)F)n4)C1)C(C3)C2. The van der Waals surface area contributed by atoms with E-state index in [2.05, 4.69) is 20.2 Å². The molecule has 2 heterocycles. The first-order chi connectivity index (χ1) is 13.7. The maximum atomic E-state index is 12.9. The third-order valence-electron chi connectivity index (χ3n) is 7.67. The van der Waals surface area contributed by atoms with Crippen molar-refractivity contribution in [2.24, 2.45) is 28.9 Å². The molecule has 4 aliphatic carbocycles. The molecule has 1 aromatic heterocycles. The van der Waals surface area contributed by atoms with Crippen molar-refractivity contribution in [1.29, 1.82) is 0 Å². The highest BCUT2D eigenvalue weighted by Crippen LogP contribution is 2.61. The summed E-state index contributed by atoms with van der Waals surface area (Å²) < 4.78 is 38.6. The number of halogens is 3. The van der Waals surface area contributed by atoms with Crippen molar-refractivity contribution in [2.75, 3.05) is 18.4 Å². The lowest BCUT2D eigenvalue weighted by Crippen LogP contribution is -2.61. The molecule has 158 valence electrons. The van der Waals surface area contributed by atoms with E-state index in [-0.39, 0.29) is 23.3 Å². The number of nitrogens with zero attached hydrogens (tertiary/aromatic N) is 3. The number of nitrogens with two attached hydrogens (primary N) is 1. The van der Waals surface area contributed by atoms with Crippen LogP contribution >= 0.6 is 0 Å². The Morgan fingerprint density at radius 1 is 1.24 bits per heavy atom. The number of aromatic nitrogens is 2. The normalized spacial score (nSPS) is 39.1. The van der Waals surface area contributed by atoms with Crippen LogP contribution in [0.5, 0.6) is 0 Å². The highest BCUT2D eigenvalue weighted by Gasteiger charge is 2.59. The van der Waals surface area contributed by atoms with Gasteiger partial charge in [-0.1, -0.05) is 0 Å². The third kappa shape index (κ3) is 3.27. The molecule has 4 bridgehead atoms. The van der Waals surface area contributed by atoms with Gasteiger partial charge in [-0.15, -0.1) is 0 Å². The molecule has 0 radical (unpaired) electrons. The van der Waals surface area contributed by atoms with E-state index in [1.54, 1.807) is 0 Å². The van der Waals surface area contributed by atoms with E-state index in [1.165, 1.54) is 12.8 Å². The fourth-order valence-electron chi connectivity index (χ4n) is 6.84. The zero-order chi connectivity index (χ0) is 20.4. The van der Waals surface area contributed by atoms with E-state index in [9.17, 15) is 18.0 Å². The zero-order valence-electron chi connectivity index (χ0n) is 16.2. The first kappa shape index (κ1) is 19.1. The van der Waals surface area contributed by atoms with Gasteiger partial charge in [0.05, 0.1) is 0 Å². The Balaban J connectivity index is 1.26. The van der Waals surface area contributed by atoms with Gasteiger partial charge >= 0.3 is 6.18 Å². The minimum absolute atomic E-state index is 0.0285. The first-order valence-electron chi connectivity index (χ1n) is 10.4. The van der Waals surface area contributed by atoms with Crippen molar-refractivity contribution < 1.29 is 18.0 Å². The van der Waals surface area contributed by atoms with E-state index in [0.29, 0.717) is 23.8 Å². The molecule has 4 saturated carbocycles. The summed E-state index contributed by atoms with van der Waals surface area (Å²) in [6, 6.07) is 1.36. The minimum atomic E-state index is -4.47. The van der Waals surface area contributed by atoms with Crippen molar-refractivity contribution in [1.82, 2.24) is 14.9 Å². The molecule has 3 N–H and O–H groups in total. The summed E-state index contributed by atoms with van der Waals surface area (Å²) in [6.07, 6.45) is 2.60. The number of likely N-dealkylation sites (tertiary alicyclic amines) is 1. The molecule has 3 atom stereocenters. The van der Waals surface area contributed by atoms with Gasteiger partial charge < -0.3 is 11.1 Å². The van der Waals surface area contributed by atoms with Gasteiger partial charge in [0.2, 0.25) is 11.9 Å². The lowest BCUT2D eigenvalue weighted by Gasteiger charge is -2.60. The molecule has 0 aromatic carbocycles. The van der Waals surface area contributed by atoms with E-state index in [1.807, 2.05) is 0 Å². The smallest absolute Gasteiger partial charge is 0.369 e. The van der Waals surface area contributed by atoms with Crippen LogP contribution in [0.3, 0.4) is 0 Å². The number of nitrogens with one attached hydrogen (secondary N) is 1. The van der Waals surface area contributed by atoms with Crippen molar-refractivity contribution >= 4 is 11.9 Å². The Labute approximate surface area is 167 Å². The van der Waals surface area contributed by atoms with E-state index in [0.717, 1.165) is 51.0 Å². The summed E-state index contributed by atoms with van der Waals surface area (Å²) in [5.74, 6) is 1.52. The molecule has 1 aliphatic heterocycles. The van der Waals surface area contributed by atoms with Crippen LogP contribution in [0, 0.1) is 23.2 Å². The Morgan fingerprint density at radius 3 is 2.62 bits per heavy atom. The average Bonchev–Trinajstić information content (AvgIpc) is 3.08. The standard InChI is InChI=1S/C20H26F3N5O/c21-20(22,23)15-1-3-25-18(27-15)26-14-2-4-28(10-14)16-12-5-11-6-13(16)9-19(7-11,8-12)17(24)29/h1,3,11-14,16H,2,4-10H2,(H2,24,29)(H,25,26,27)/t11?,12?,13?,14-,16?,19?/m1/s1. The predicted molar refractivity (Wildman–Crippen MR) is 99.6 cm³/mol. The Bertz CT molecular complexity index is 800. The average molecular weight is 409 g/mol. The maximum Gasteiger partial charge on any atom is 0.433 e. The Morgan fingerprint density at radius 2 is 1.97 bits per heavy atom. The quantitative estimate of drug-likeness (QED) is 0.799. The molecule has 6 nitrogen and oxygen atoms in total. The van der Waals surface area contributed by atoms with Crippen molar-refractivity contribution in [3.05, 3.63) is 18.0 Å². The lowest BCUT2D eigenvalue weighted by molar-refractivity contribution is -0.151. The summed E-state index contributed by atoms with van der Waals surface area (Å²) >= 11 is 0. The second-order valence-electron chi connectivity index (χ2n) is 9.49. The van der Waals surface area contributed by atoms with Gasteiger partial charge in [-0.25, -0.2) is 9.97 Å². The van der Waals surface area contributed by atoms with Gasteiger partial charge in [0, 0.05) is 36.8 Å². The number of amides is 1. The molecular weight excluding hydrogens is 383 g/mol. The monoisotopic (exact) mass is 409 g/mol. The van der Waals surface area contributed by atoms with Crippen LogP contribution < -0.4 is 11.1 Å². The molecule has 1 aromatic rings. The number of rotatable bonds is 4. The lowest BCUT2D eigenvalue weighted by atomic mass is 9.47. The topological polar surface area (TPSA) is 84.1 Å². The fourth-order valence-corrected chi connectivity index (χ4v) is 6.84. The summed E-state index contributed by atoms with van der Waals surface area (Å²) in [6.45, 7) is 1.67. The minimum Gasteiger partial charge on any atom is -0.369 e. The third-order valence-corrected chi connectivity index (χ3v) is 7.67. The molecule has 29 heavy (non-hydrogen) atoms. The van der Waals surface area contributed by atoms with Crippen molar-refractivity contribution in [3.63, 3.8) is 0 Å². The molecule has 9 heteroatoms. The van der Waals surface area contributed by atoms with Crippen LogP contribution in [0.4, 0.5) is 19.1 Å². The van der Waals surface area contributed by atoms with Gasteiger partial charge in [-0.05, 0) is 62.3 Å². The Kier molecular flexibility index (Phi) is 4.31. The highest BCUT2D eigenvalue weighted by atomic mass is 19.4. The second-order valence-corrected chi connectivity index (χ2v) is 9.49. The number of primary amides is 1. The van der Waals surface area contributed by atoms with Gasteiger partial charge in [-0.2, -0.15) is 13.2 Å². The molecule has 5 aliphatic rings. The number of carbonyl (C=O) groups is 1. The Hall–Kier alpha value is -1.90. The number of carbonyl (C=O) groups excluding carboxylic acids is 1. The van der Waals surface area contributed by atoms with E-state index >= 15 is 0 Å². The van der Waals surface area contributed by atoms with Crippen molar-refractivity contribution in [2.45, 2.75) is 56.8 Å². The highest BCUT2D eigenvalue weighted by molar-refractivity contribution is 5.81. The van der Waals surface area contributed by atoms with Crippen LogP contribution in [0.1, 0.15) is 44.2 Å². The maximum absolute atomic E-state index is 12.9. The van der Waals surface area contributed by atoms with Crippen LogP contribution in [-0.2, 0) is 11.0 Å². The number of anilines is 1. The number of hydrogen-bond donors (Lipinski definition) is 2. The molecule has 1 saturated heterocycles. The summed E-state index contributed by atoms with van der Waals surface area (Å²) in [5.41, 5.74) is 4.56. The largest absolute Gasteiger partial charge is 0.433 e. The molecule has 2 unspecified atom stereocenters. The fraction of sp³-hybridized carbons (Fsp3) is 0.750. The zero-order valence-corrected chi connectivity index (χ0v) is 16.2. The van der Waals surface area contributed by atoms with Gasteiger partial charge in [0.1, 0.15) is 5.69 Å². The van der Waals surface area contributed by atoms with Crippen LogP contribution in [-0.4, -0.2) is 45.9 Å². The summed E-state index contributed by atoms with van der Waals surface area (Å²) in [5, 5.41) is 3.09. The second kappa shape index (κ2) is 6.55. The van der Waals surface area contributed by atoms with Gasteiger partial charge in [-0.3, -0.25) is 9.69 Å². The van der Waals surface area contributed by atoms with Crippen LogP contribution in [0.15, 0.2) is 12.3 Å². The molecule has 6 rings (SSSR count). The van der Waals surface area contributed by atoms with Gasteiger partial charge in [0.25, 0.3) is 0 Å². The molecular formula is C20H26F3N5O. The molecule has 1 amide bonds. The van der Waals surface area contributed by atoms with E-state index < -0.39 is 11.9 Å². The van der Waals surface area contributed by atoms with E-state index in [4.69, 9.17) is 5.73 Å². The number of hydrogen-bond acceptors (Lipinski definition) is 5. The molecule has 0 spiro atoms. The molecule has 5 fully saturated rings. The predicted octanol–water partition coefficient (Wildman–Crippen LogP) is 2.66. The van der Waals surface area contributed by atoms with Gasteiger partial charge in [0.15, 0.2) is 0 Å². The van der Waals surface area contributed by atoms with Crippen LogP contribution in [0.2, 0.25) is 0 Å². The summed E-state index contributed by atoms with van der Waals surface area (Å²) in [7, 11) is 0.